The number of rotatable bonds is 10. The van der Waals surface area contributed by atoms with Crippen molar-refractivity contribution in [3.63, 3.8) is 0 Å². The van der Waals surface area contributed by atoms with Crippen molar-refractivity contribution < 1.29 is 23.5 Å². The van der Waals surface area contributed by atoms with E-state index < -0.39 is 41.8 Å². The Morgan fingerprint density at radius 1 is 1.19 bits per heavy atom. The molecule has 0 atom stereocenters. The first-order valence-electron chi connectivity index (χ1n) is 10.8. The maximum absolute atomic E-state index is 14.6. The number of hydrogen-bond acceptors (Lipinski definition) is 6. The Hall–Kier alpha value is -3.21. The molecule has 0 spiro atoms. The lowest BCUT2D eigenvalue weighted by atomic mass is 10.2. The quantitative estimate of drug-likeness (QED) is 0.214. The summed E-state index contributed by atoms with van der Waals surface area (Å²) in [6.45, 7) is 1.32. The average Bonchev–Trinajstić information content (AvgIpc) is 3.28. The van der Waals surface area contributed by atoms with Gasteiger partial charge in [0.15, 0.2) is 16.7 Å². The molecule has 13 heteroatoms. The zero-order valence-electron chi connectivity index (χ0n) is 19.0. The molecule has 0 unspecified atom stereocenters. The van der Waals surface area contributed by atoms with Crippen LogP contribution < -0.4 is 15.0 Å². The Bertz CT molecular complexity index is 1270. The van der Waals surface area contributed by atoms with Crippen LogP contribution in [-0.4, -0.2) is 45.2 Å². The van der Waals surface area contributed by atoms with Crippen LogP contribution in [-0.2, 0) is 14.4 Å². The number of esters is 1. The molecule has 2 amide bonds. The van der Waals surface area contributed by atoms with Crippen molar-refractivity contribution in [3.8, 4) is 11.4 Å². The van der Waals surface area contributed by atoms with Gasteiger partial charge in [-0.1, -0.05) is 47.8 Å². The average molecular weight is 557 g/mol. The Morgan fingerprint density at radius 2 is 1.97 bits per heavy atom. The molecule has 0 saturated heterocycles. The number of para-hydroxylation sites is 1. The number of nitrogens with zero attached hydrogens (tertiary/aromatic N) is 4. The van der Waals surface area contributed by atoms with Crippen LogP contribution in [0.5, 0.6) is 5.75 Å². The van der Waals surface area contributed by atoms with Crippen molar-refractivity contribution in [2.24, 2.45) is 0 Å². The maximum atomic E-state index is 14.6. The molecular formula is C23H21Cl3FN5O4. The molecule has 190 valence electrons. The van der Waals surface area contributed by atoms with Gasteiger partial charge in [-0.05, 0) is 36.8 Å². The highest BCUT2D eigenvalue weighted by atomic mass is 35.5. The largest absolute Gasteiger partial charge is 0.421 e. The minimum atomic E-state index is -0.870. The summed E-state index contributed by atoms with van der Waals surface area (Å²) in [7, 11) is 0. The number of alkyl halides is 1. The van der Waals surface area contributed by atoms with Gasteiger partial charge in [-0.15, -0.1) is 16.7 Å². The lowest BCUT2D eigenvalue weighted by Crippen LogP contribution is -2.39. The Balaban J connectivity index is 1.89. The summed E-state index contributed by atoms with van der Waals surface area (Å²) in [5.74, 6) is -3.89. The van der Waals surface area contributed by atoms with Crippen molar-refractivity contribution in [2.45, 2.75) is 26.2 Å². The highest BCUT2D eigenvalue weighted by Gasteiger charge is 2.25. The van der Waals surface area contributed by atoms with E-state index in [4.69, 9.17) is 39.5 Å². The van der Waals surface area contributed by atoms with E-state index in [1.807, 2.05) is 6.92 Å². The molecule has 2 aromatic carbocycles. The van der Waals surface area contributed by atoms with E-state index in [-0.39, 0.29) is 22.9 Å². The number of aromatic nitrogens is 3. The highest BCUT2D eigenvalue weighted by molar-refractivity contribution is 6.31. The number of benzene rings is 2. The van der Waals surface area contributed by atoms with E-state index in [0.29, 0.717) is 17.1 Å². The lowest BCUT2D eigenvalue weighted by molar-refractivity contribution is -0.134. The molecule has 3 aromatic rings. The minimum Gasteiger partial charge on any atom is -0.421 e. The molecule has 0 bridgehead atoms. The molecule has 36 heavy (non-hydrogen) atoms. The van der Waals surface area contributed by atoms with Gasteiger partial charge in [-0.2, -0.15) is 0 Å². The summed E-state index contributed by atoms with van der Waals surface area (Å²) in [5.41, 5.74) is 0.534. The molecule has 1 aromatic heterocycles. The van der Waals surface area contributed by atoms with E-state index in [1.54, 1.807) is 12.1 Å². The zero-order valence-corrected chi connectivity index (χ0v) is 21.3. The summed E-state index contributed by atoms with van der Waals surface area (Å²) in [4.78, 5) is 38.8. The zero-order chi connectivity index (χ0) is 26.2. The molecule has 1 N–H and O–H groups in total. The van der Waals surface area contributed by atoms with Crippen LogP contribution in [0, 0.1) is 5.82 Å². The predicted octanol–water partition coefficient (Wildman–Crippen LogP) is 5.02. The Labute approximate surface area is 221 Å². The molecule has 0 fully saturated rings. The van der Waals surface area contributed by atoms with Gasteiger partial charge in [0.2, 0.25) is 11.8 Å². The summed E-state index contributed by atoms with van der Waals surface area (Å²) < 4.78 is 21.2. The second-order valence-electron chi connectivity index (χ2n) is 7.47. The predicted molar refractivity (Wildman–Crippen MR) is 135 cm³/mol. The number of nitrogens with one attached hydrogen (secondary N) is 1. The summed E-state index contributed by atoms with van der Waals surface area (Å²) in [5, 5.41) is 10.7. The van der Waals surface area contributed by atoms with Gasteiger partial charge >= 0.3 is 5.97 Å². The van der Waals surface area contributed by atoms with Crippen LogP contribution in [0.2, 0.25) is 10.2 Å². The van der Waals surface area contributed by atoms with E-state index in [9.17, 15) is 18.8 Å². The molecule has 0 radical (unpaired) electrons. The third-order valence-electron chi connectivity index (χ3n) is 4.85. The number of anilines is 2. The third kappa shape index (κ3) is 6.93. The molecular weight excluding hydrogens is 536 g/mol. The van der Waals surface area contributed by atoms with E-state index >= 15 is 0 Å². The maximum Gasteiger partial charge on any atom is 0.311 e. The molecule has 1 heterocycles. The number of carbonyl (C=O) groups excluding carboxylic acids is 3. The lowest BCUT2D eigenvalue weighted by Gasteiger charge is -2.24. The number of amides is 2. The molecule has 0 aliphatic heterocycles. The Morgan fingerprint density at radius 3 is 2.64 bits per heavy atom. The van der Waals surface area contributed by atoms with Crippen molar-refractivity contribution in [2.75, 3.05) is 22.6 Å². The van der Waals surface area contributed by atoms with Gasteiger partial charge in [0, 0.05) is 11.4 Å². The van der Waals surface area contributed by atoms with Crippen LogP contribution >= 0.6 is 34.8 Å². The molecule has 0 aliphatic rings. The van der Waals surface area contributed by atoms with Gasteiger partial charge < -0.3 is 10.1 Å². The fourth-order valence-corrected chi connectivity index (χ4v) is 3.62. The number of hydrogen-bond donors (Lipinski definition) is 1. The van der Waals surface area contributed by atoms with Crippen LogP contribution in [0.1, 0.15) is 26.2 Å². The molecule has 0 aliphatic carbocycles. The van der Waals surface area contributed by atoms with Gasteiger partial charge in [0.25, 0.3) is 0 Å². The van der Waals surface area contributed by atoms with Crippen LogP contribution in [0.15, 0.2) is 42.6 Å². The van der Waals surface area contributed by atoms with Crippen molar-refractivity contribution >= 4 is 64.0 Å². The second-order valence-corrected chi connectivity index (χ2v) is 8.57. The SMILES string of the molecule is CCCCC(=O)Oc1c(F)cccc1N(CC(=O)Nc1cc(Cl)ccc1-n1cc(Cl)nn1)C(=O)CCl. The molecule has 3 rings (SSSR count). The van der Waals surface area contributed by atoms with Gasteiger partial charge in [0.05, 0.1) is 23.3 Å². The first-order chi connectivity index (χ1) is 17.2. The summed E-state index contributed by atoms with van der Waals surface area (Å²) >= 11 is 17.7. The Kier molecular flexibility index (Phi) is 9.63. The first-order valence-corrected chi connectivity index (χ1v) is 12.1. The van der Waals surface area contributed by atoms with Crippen molar-refractivity contribution in [1.82, 2.24) is 15.0 Å². The molecule has 9 nitrogen and oxygen atoms in total. The highest BCUT2D eigenvalue weighted by Crippen LogP contribution is 2.32. The van der Waals surface area contributed by atoms with E-state index in [0.717, 1.165) is 17.4 Å². The van der Waals surface area contributed by atoms with Crippen molar-refractivity contribution in [1.29, 1.82) is 0 Å². The fraction of sp³-hybridized carbons (Fsp3) is 0.261. The van der Waals surface area contributed by atoms with Crippen LogP contribution in [0.4, 0.5) is 15.8 Å². The van der Waals surface area contributed by atoms with Gasteiger partial charge in [0.1, 0.15) is 12.4 Å². The van der Waals surface area contributed by atoms with Gasteiger partial charge in [-0.25, -0.2) is 9.07 Å². The molecule has 0 saturated carbocycles. The second kappa shape index (κ2) is 12.7. The fourth-order valence-electron chi connectivity index (χ4n) is 3.18. The first kappa shape index (κ1) is 27.4. The monoisotopic (exact) mass is 555 g/mol. The number of ether oxygens (including phenoxy) is 1. The number of carbonyl (C=O) groups is 3. The summed E-state index contributed by atoms with van der Waals surface area (Å²) in [6.07, 6.45) is 2.78. The topological polar surface area (TPSA) is 106 Å². The van der Waals surface area contributed by atoms with Crippen LogP contribution in [0.25, 0.3) is 5.69 Å². The van der Waals surface area contributed by atoms with Crippen molar-refractivity contribution in [3.05, 3.63) is 58.6 Å². The third-order valence-corrected chi connectivity index (χ3v) is 5.49. The normalized spacial score (nSPS) is 10.7. The van der Waals surface area contributed by atoms with E-state index in [2.05, 4.69) is 15.6 Å². The standard InChI is InChI=1S/C23H21Cl3FN5O4/c1-2-3-7-22(35)36-23-15(27)5-4-6-18(23)31(21(34)11-24)13-20(33)28-16-10-14(25)8-9-17(16)32-12-19(26)29-30-32/h4-6,8-10,12H,2-3,7,11,13H2,1H3,(H,28,33). The van der Waals surface area contributed by atoms with Gasteiger partial charge in [-0.3, -0.25) is 19.3 Å². The smallest absolute Gasteiger partial charge is 0.311 e. The summed E-state index contributed by atoms with van der Waals surface area (Å²) in [6, 6.07) is 8.40. The number of halogens is 4. The minimum absolute atomic E-state index is 0.0675. The number of unbranched alkanes of at least 4 members (excludes halogenated alkanes) is 1. The van der Waals surface area contributed by atoms with Crippen LogP contribution in [0.3, 0.4) is 0 Å². The van der Waals surface area contributed by atoms with E-state index in [1.165, 1.54) is 29.1 Å².